The van der Waals surface area contributed by atoms with Gasteiger partial charge in [-0.3, -0.25) is 0 Å². The molecule has 3 rings (SSSR count). The van der Waals surface area contributed by atoms with E-state index in [-0.39, 0.29) is 11.4 Å². The minimum absolute atomic E-state index is 0.0323. The maximum absolute atomic E-state index is 12.8. The molecule has 1 aromatic carbocycles. The van der Waals surface area contributed by atoms with Crippen LogP contribution in [0.1, 0.15) is 41.6 Å². The molecule has 0 bridgehead atoms. The van der Waals surface area contributed by atoms with E-state index in [1.807, 2.05) is 25.1 Å². The normalized spacial score (nSPS) is 15.5. The Morgan fingerprint density at radius 3 is 2.89 bits per heavy atom. The van der Waals surface area contributed by atoms with Crippen LogP contribution in [0.25, 0.3) is 0 Å². The van der Waals surface area contributed by atoms with E-state index in [0.717, 1.165) is 32.7 Å². The van der Waals surface area contributed by atoms with Crippen LogP contribution in [0.2, 0.25) is 5.02 Å². The third-order valence-corrected chi connectivity index (χ3v) is 6.88. The molecule has 2 heterocycles. The second-order valence-corrected chi connectivity index (χ2v) is 10.2. The Kier molecular flexibility index (Phi) is 6.34. The lowest BCUT2D eigenvalue weighted by molar-refractivity contribution is 0.0526. The van der Waals surface area contributed by atoms with E-state index in [1.54, 1.807) is 0 Å². The van der Waals surface area contributed by atoms with Gasteiger partial charge in [0, 0.05) is 10.1 Å². The van der Waals surface area contributed by atoms with Crippen LogP contribution in [0.15, 0.2) is 18.2 Å². The summed E-state index contributed by atoms with van der Waals surface area (Å²) in [6.07, 6.45) is 0.738. The summed E-state index contributed by atoms with van der Waals surface area (Å²) in [5, 5.41) is 7.96. The smallest absolute Gasteiger partial charge is 0.341 e. The van der Waals surface area contributed by atoms with Crippen LogP contribution >= 0.6 is 57.7 Å². The number of ether oxygens (including phenoxy) is 1. The minimum Gasteiger partial charge on any atom is -0.462 e. The van der Waals surface area contributed by atoms with Crippen molar-refractivity contribution in [3.8, 4) is 0 Å². The van der Waals surface area contributed by atoms with Crippen LogP contribution in [0.3, 0.4) is 0 Å². The SMILES string of the molecule is CCOC(=O)c1c(Nc2ccc(I)cc2Cl)sc2c1CC(C)(C)CNC2=S. The van der Waals surface area contributed by atoms with Crippen molar-refractivity contribution in [2.75, 3.05) is 18.5 Å². The van der Waals surface area contributed by atoms with Gasteiger partial charge in [-0.15, -0.1) is 11.3 Å². The number of fused-ring (bicyclic) bond motifs is 1. The average Bonchev–Trinajstić information content (AvgIpc) is 2.87. The van der Waals surface area contributed by atoms with Crippen LogP contribution in [0, 0.1) is 8.99 Å². The summed E-state index contributed by atoms with van der Waals surface area (Å²) in [5.41, 5.74) is 2.22. The number of carbonyl (C=O) groups excluding carboxylic acids is 1. The molecule has 27 heavy (non-hydrogen) atoms. The Morgan fingerprint density at radius 1 is 1.48 bits per heavy atom. The van der Waals surface area contributed by atoms with Crippen LogP contribution in [-0.2, 0) is 11.2 Å². The predicted molar refractivity (Wildman–Crippen MR) is 125 cm³/mol. The first kappa shape index (κ1) is 20.8. The summed E-state index contributed by atoms with van der Waals surface area (Å²) in [6, 6.07) is 5.75. The van der Waals surface area contributed by atoms with Gasteiger partial charge in [-0.25, -0.2) is 4.79 Å². The number of benzene rings is 1. The number of carbonyl (C=O) groups is 1. The first-order chi connectivity index (χ1) is 12.7. The molecule has 0 radical (unpaired) electrons. The third kappa shape index (κ3) is 4.58. The molecule has 0 saturated heterocycles. The molecule has 1 aromatic heterocycles. The number of nitrogens with one attached hydrogen (secondary N) is 2. The Morgan fingerprint density at radius 2 is 2.22 bits per heavy atom. The van der Waals surface area contributed by atoms with Crippen molar-refractivity contribution in [1.82, 2.24) is 5.32 Å². The molecule has 8 heteroatoms. The largest absolute Gasteiger partial charge is 0.462 e. The summed E-state index contributed by atoms with van der Waals surface area (Å²) >= 11 is 15.6. The van der Waals surface area contributed by atoms with Gasteiger partial charge in [0.05, 0.1) is 27.8 Å². The van der Waals surface area contributed by atoms with Crippen molar-refractivity contribution in [3.05, 3.63) is 42.8 Å². The summed E-state index contributed by atoms with van der Waals surface area (Å²) in [7, 11) is 0. The Labute approximate surface area is 187 Å². The van der Waals surface area contributed by atoms with Gasteiger partial charge in [0.2, 0.25) is 0 Å². The van der Waals surface area contributed by atoms with Gasteiger partial charge in [-0.2, -0.15) is 0 Å². The second-order valence-electron chi connectivity index (χ2n) is 7.11. The molecular weight excluding hydrogens is 515 g/mol. The molecular formula is C19H20ClIN2O2S2. The van der Waals surface area contributed by atoms with Gasteiger partial charge in [-0.1, -0.05) is 37.7 Å². The van der Waals surface area contributed by atoms with Gasteiger partial charge < -0.3 is 15.4 Å². The van der Waals surface area contributed by atoms with E-state index in [4.69, 9.17) is 28.6 Å². The quantitative estimate of drug-likeness (QED) is 0.296. The highest BCUT2D eigenvalue weighted by atomic mass is 127. The second kappa shape index (κ2) is 8.23. The van der Waals surface area contributed by atoms with Crippen LogP contribution in [-0.4, -0.2) is 24.1 Å². The number of thiophene rings is 1. The summed E-state index contributed by atoms with van der Waals surface area (Å²) < 4.78 is 6.40. The first-order valence-corrected chi connectivity index (χ1v) is 11.2. The highest BCUT2D eigenvalue weighted by molar-refractivity contribution is 14.1. The lowest BCUT2D eigenvalue weighted by atomic mass is 9.85. The molecule has 1 aliphatic heterocycles. The molecule has 0 aliphatic carbocycles. The highest BCUT2D eigenvalue weighted by Gasteiger charge is 2.33. The maximum atomic E-state index is 12.8. The van der Waals surface area contributed by atoms with Crippen molar-refractivity contribution in [2.45, 2.75) is 27.2 Å². The molecule has 0 unspecified atom stereocenters. The fourth-order valence-corrected chi connectivity index (χ4v) is 5.34. The van der Waals surface area contributed by atoms with Crippen LogP contribution < -0.4 is 10.6 Å². The number of esters is 1. The van der Waals surface area contributed by atoms with E-state index in [9.17, 15) is 4.79 Å². The zero-order valence-electron chi connectivity index (χ0n) is 15.2. The molecule has 0 atom stereocenters. The molecule has 2 aromatic rings. The topological polar surface area (TPSA) is 50.4 Å². The van der Waals surface area contributed by atoms with Crippen molar-refractivity contribution in [1.29, 1.82) is 0 Å². The number of anilines is 2. The molecule has 144 valence electrons. The van der Waals surface area contributed by atoms with Gasteiger partial charge in [0.25, 0.3) is 0 Å². The fourth-order valence-electron chi connectivity index (χ4n) is 2.98. The maximum Gasteiger partial charge on any atom is 0.341 e. The average molecular weight is 535 g/mol. The lowest BCUT2D eigenvalue weighted by Gasteiger charge is -2.22. The molecule has 2 N–H and O–H groups in total. The third-order valence-electron chi connectivity index (χ3n) is 4.25. The Hall–Kier alpha value is -0.900. The zero-order chi connectivity index (χ0) is 19.8. The lowest BCUT2D eigenvalue weighted by Crippen LogP contribution is -2.31. The predicted octanol–water partition coefficient (Wildman–Crippen LogP) is 5.77. The van der Waals surface area contributed by atoms with E-state index in [0.29, 0.717) is 27.2 Å². The first-order valence-electron chi connectivity index (χ1n) is 8.55. The van der Waals surface area contributed by atoms with E-state index in [1.165, 1.54) is 11.3 Å². The summed E-state index contributed by atoms with van der Waals surface area (Å²) in [5.74, 6) is -0.334. The fraction of sp³-hybridized carbons (Fsp3) is 0.368. The Bertz CT molecular complexity index is 911. The zero-order valence-corrected chi connectivity index (χ0v) is 19.8. The Balaban J connectivity index is 2.12. The van der Waals surface area contributed by atoms with E-state index in [2.05, 4.69) is 47.1 Å². The molecule has 4 nitrogen and oxygen atoms in total. The summed E-state index contributed by atoms with van der Waals surface area (Å²) in [4.78, 5) is 14.4. The summed E-state index contributed by atoms with van der Waals surface area (Å²) in [6.45, 7) is 7.21. The van der Waals surface area contributed by atoms with Crippen molar-refractivity contribution >= 4 is 79.4 Å². The van der Waals surface area contributed by atoms with Crippen LogP contribution in [0.5, 0.6) is 0 Å². The van der Waals surface area contributed by atoms with Gasteiger partial charge in [0.1, 0.15) is 9.99 Å². The van der Waals surface area contributed by atoms with Gasteiger partial charge in [0.15, 0.2) is 0 Å². The highest BCUT2D eigenvalue weighted by Crippen LogP contribution is 2.41. The number of halogens is 2. The van der Waals surface area contributed by atoms with Crippen LogP contribution in [0.4, 0.5) is 10.7 Å². The monoisotopic (exact) mass is 534 g/mol. The van der Waals surface area contributed by atoms with Crippen molar-refractivity contribution < 1.29 is 9.53 Å². The van der Waals surface area contributed by atoms with Crippen molar-refractivity contribution in [2.24, 2.45) is 5.41 Å². The van der Waals surface area contributed by atoms with E-state index < -0.39 is 0 Å². The standard InChI is InChI=1S/C19H20ClIN2O2S2/c1-4-25-18(24)14-11-8-19(2,3)9-22-16(26)15(11)27-17(14)23-13-6-5-10(21)7-12(13)20/h5-7,23H,4,8-9H2,1-3H3,(H,22,26). The number of thiocarbonyl (C=S) groups is 1. The van der Waals surface area contributed by atoms with Crippen molar-refractivity contribution in [3.63, 3.8) is 0 Å². The molecule has 0 fully saturated rings. The molecule has 0 saturated carbocycles. The number of rotatable bonds is 4. The molecule has 0 spiro atoms. The number of hydrogen-bond donors (Lipinski definition) is 2. The van der Waals surface area contributed by atoms with E-state index >= 15 is 0 Å². The van der Waals surface area contributed by atoms with Gasteiger partial charge in [-0.05, 0) is 65.1 Å². The minimum atomic E-state index is -0.334. The molecule has 1 aliphatic rings. The van der Waals surface area contributed by atoms with Gasteiger partial charge >= 0.3 is 5.97 Å². The number of hydrogen-bond acceptors (Lipinski definition) is 5. The molecule has 0 amide bonds.